The summed E-state index contributed by atoms with van der Waals surface area (Å²) in [6.45, 7) is 12.6. The SMILES string of the molecule is C=C1CCC(C(C)CC(=O)CC(C)C)=CC2C1CCC2(C)O. The molecule has 1 N–H and O–H groups in total. The lowest BCUT2D eigenvalue weighted by Crippen LogP contribution is -2.30. The van der Waals surface area contributed by atoms with Crippen molar-refractivity contribution in [2.45, 2.75) is 71.8 Å². The van der Waals surface area contributed by atoms with Gasteiger partial charge in [0.25, 0.3) is 0 Å². The maximum atomic E-state index is 12.1. The van der Waals surface area contributed by atoms with E-state index in [-0.39, 0.29) is 11.8 Å². The lowest BCUT2D eigenvalue weighted by molar-refractivity contribution is -0.120. The molecule has 0 bridgehead atoms. The minimum atomic E-state index is -0.620. The van der Waals surface area contributed by atoms with Crippen LogP contribution in [0.5, 0.6) is 0 Å². The van der Waals surface area contributed by atoms with Crippen LogP contribution in [-0.4, -0.2) is 16.5 Å². The highest BCUT2D eigenvalue weighted by Gasteiger charge is 2.44. The zero-order valence-electron chi connectivity index (χ0n) is 14.7. The summed E-state index contributed by atoms with van der Waals surface area (Å²) in [5, 5.41) is 10.7. The molecule has 0 aromatic carbocycles. The van der Waals surface area contributed by atoms with E-state index in [1.54, 1.807) is 0 Å². The summed E-state index contributed by atoms with van der Waals surface area (Å²) >= 11 is 0. The second-order valence-electron chi connectivity index (χ2n) is 8.17. The van der Waals surface area contributed by atoms with Crippen LogP contribution >= 0.6 is 0 Å². The molecule has 4 atom stereocenters. The van der Waals surface area contributed by atoms with Crippen LogP contribution in [0.1, 0.15) is 66.2 Å². The van der Waals surface area contributed by atoms with Crippen LogP contribution < -0.4 is 0 Å². The molecule has 2 heteroatoms. The highest BCUT2D eigenvalue weighted by atomic mass is 16.3. The number of hydrogen-bond donors (Lipinski definition) is 1. The largest absolute Gasteiger partial charge is 0.390 e. The third kappa shape index (κ3) is 3.90. The predicted molar refractivity (Wildman–Crippen MR) is 91.5 cm³/mol. The van der Waals surface area contributed by atoms with Crippen molar-refractivity contribution >= 4 is 5.78 Å². The molecule has 0 aliphatic heterocycles. The van der Waals surface area contributed by atoms with Gasteiger partial charge in [-0.25, -0.2) is 0 Å². The Labute approximate surface area is 135 Å². The van der Waals surface area contributed by atoms with Gasteiger partial charge in [-0.15, -0.1) is 0 Å². The first-order chi connectivity index (χ1) is 10.2. The summed E-state index contributed by atoms with van der Waals surface area (Å²) in [7, 11) is 0. The number of carbonyl (C=O) groups excluding carboxylic acids is 1. The maximum Gasteiger partial charge on any atom is 0.133 e. The van der Waals surface area contributed by atoms with E-state index in [0.717, 1.165) is 25.7 Å². The molecule has 2 nitrogen and oxygen atoms in total. The van der Waals surface area contributed by atoms with Crippen molar-refractivity contribution in [3.63, 3.8) is 0 Å². The summed E-state index contributed by atoms with van der Waals surface area (Å²) in [4.78, 5) is 12.1. The Bertz CT molecular complexity index is 470. The Morgan fingerprint density at radius 1 is 1.36 bits per heavy atom. The van der Waals surface area contributed by atoms with E-state index in [2.05, 4.69) is 33.4 Å². The van der Waals surface area contributed by atoms with Crippen LogP contribution in [0.4, 0.5) is 0 Å². The van der Waals surface area contributed by atoms with Gasteiger partial charge in [0.15, 0.2) is 0 Å². The number of ketones is 1. The molecular formula is C20H32O2. The minimum absolute atomic E-state index is 0.181. The molecule has 0 aromatic heterocycles. The molecule has 1 fully saturated rings. The van der Waals surface area contributed by atoms with Crippen molar-refractivity contribution in [2.75, 3.05) is 0 Å². The number of rotatable bonds is 5. The second-order valence-corrected chi connectivity index (χ2v) is 8.17. The van der Waals surface area contributed by atoms with Crippen molar-refractivity contribution in [3.8, 4) is 0 Å². The molecule has 4 unspecified atom stereocenters. The Morgan fingerprint density at radius 2 is 2.05 bits per heavy atom. The topological polar surface area (TPSA) is 37.3 Å². The number of fused-ring (bicyclic) bond motifs is 1. The van der Waals surface area contributed by atoms with Gasteiger partial charge >= 0.3 is 0 Å². The molecule has 1 saturated carbocycles. The average molecular weight is 304 g/mol. The van der Waals surface area contributed by atoms with Crippen LogP contribution in [0, 0.1) is 23.7 Å². The maximum absolute atomic E-state index is 12.1. The number of hydrogen-bond acceptors (Lipinski definition) is 2. The minimum Gasteiger partial charge on any atom is -0.390 e. The second kappa shape index (κ2) is 6.70. The molecule has 0 amide bonds. The number of carbonyl (C=O) groups is 1. The average Bonchev–Trinajstić information content (AvgIpc) is 2.57. The van der Waals surface area contributed by atoms with Crippen LogP contribution in [0.3, 0.4) is 0 Å². The van der Waals surface area contributed by atoms with E-state index in [1.807, 2.05) is 6.92 Å². The lowest BCUT2D eigenvalue weighted by atomic mass is 9.82. The molecule has 124 valence electrons. The van der Waals surface area contributed by atoms with Crippen molar-refractivity contribution in [1.82, 2.24) is 0 Å². The van der Waals surface area contributed by atoms with E-state index in [4.69, 9.17) is 0 Å². The molecular weight excluding hydrogens is 272 g/mol. The van der Waals surface area contributed by atoms with Gasteiger partial charge in [0.05, 0.1) is 5.60 Å². The monoisotopic (exact) mass is 304 g/mol. The number of Topliss-reactive ketones (excluding diaryl/α,β-unsaturated/α-hetero) is 1. The predicted octanol–water partition coefficient (Wildman–Crippen LogP) is 4.68. The van der Waals surface area contributed by atoms with Crippen molar-refractivity contribution in [3.05, 3.63) is 23.8 Å². The Morgan fingerprint density at radius 3 is 2.68 bits per heavy atom. The fourth-order valence-electron chi connectivity index (χ4n) is 4.21. The van der Waals surface area contributed by atoms with Gasteiger partial charge in [-0.3, -0.25) is 4.79 Å². The number of allylic oxidation sites excluding steroid dienone is 2. The Hall–Kier alpha value is -0.890. The summed E-state index contributed by atoms with van der Waals surface area (Å²) in [6, 6.07) is 0. The molecule has 0 spiro atoms. The highest BCUT2D eigenvalue weighted by Crippen LogP contribution is 2.48. The normalized spacial score (nSPS) is 33.4. The van der Waals surface area contributed by atoms with Crippen molar-refractivity contribution in [1.29, 1.82) is 0 Å². The molecule has 22 heavy (non-hydrogen) atoms. The van der Waals surface area contributed by atoms with Gasteiger partial charge in [-0.2, -0.15) is 0 Å². The van der Waals surface area contributed by atoms with Gasteiger partial charge in [0, 0.05) is 18.8 Å². The molecule has 2 rings (SSSR count). The van der Waals surface area contributed by atoms with E-state index >= 15 is 0 Å². The van der Waals surface area contributed by atoms with E-state index in [1.165, 1.54) is 11.1 Å². The van der Waals surface area contributed by atoms with Crippen LogP contribution in [0.15, 0.2) is 23.8 Å². The Kier molecular flexibility index (Phi) is 5.32. The number of aliphatic hydroxyl groups is 1. The molecule has 0 radical (unpaired) electrons. The van der Waals surface area contributed by atoms with Gasteiger partial charge in [0.2, 0.25) is 0 Å². The lowest BCUT2D eigenvalue weighted by Gasteiger charge is -2.27. The van der Waals surface area contributed by atoms with E-state index < -0.39 is 5.60 Å². The zero-order chi connectivity index (χ0) is 16.5. The fraction of sp³-hybridized carbons (Fsp3) is 0.750. The van der Waals surface area contributed by atoms with Crippen molar-refractivity contribution < 1.29 is 9.90 Å². The summed E-state index contributed by atoms with van der Waals surface area (Å²) in [5.74, 6) is 1.68. The van der Waals surface area contributed by atoms with Gasteiger partial charge < -0.3 is 5.11 Å². The standard InChI is InChI=1S/C20H32O2/c1-13(2)10-17(21)11-15(4)16-7-6-14(3)18-8-9-20(5,22)19(18)12-16/h12-13,15,18-19,22H,3,6-11H2,1-2,4-5H3. The third-order valence-electron chi connectivity index (χ3n) is 5.57. The first-order valence-corrected chi connectivity index (χ1v) is 8.83. The quantitative estimate of drug-likeness (QED) is 0.749. The van der Waals surface area contributed by atoms with Crippen LogP contribution in [0.25, 0.3) is 0 Å². The van der Waals surface area contributed by atoms with Crippen LogP contribution in [-0.2, 0) is 4.79 Å². The van der Waals surface area contributed by atoms with Gasteiger partial charge in [-0.1, -0.05) is 44.6 Å². The molecule has 2 aliphatic rings. The Balaban J connectivity index is 2.12. The van der Waals surface area contributed by atoms with Gasteiger partial charge in [-0.05, 0) is 50.4 Å². The van der Waals surface area contributed by atoms with Crippen molar-refractivity contribution in [2.24, 2.45) is 23.7 Å². The first kappa shape index (κ1) is 17.5. The molecule has 0 heterocycles. The zero-order valence-corrected chi connectivity index (χ0v) is 14.7. The van der Waals surface area contributed by atoms with Crippen LogP contribution in [0.2, 0.25) is 0 Å². The summed E-state index contributed by atoms with van der Waals surface area (Å²) in [5.41, 5.74) is 2.02. The molecule has 0 aromatic rings. The highest BCUT2D eigenvalue weighted by molar-refractivity contribution is 5.79. The molecule has 0 saturated heterocycles. The fourth-order valence-corrected chi connectivity index (χ4v) is 4.21. The van der Waals surface area contributed by atoms with E-state index in [9.17, 15) is 9.90 Å². The third-order valence-corrected chi connectivity index (χ3v) is 5.57. The summed E-state index contributed by atoms with van der Waals surface area (Å²) < 4.78 is 0. The summed E-state index contributed by atoms with van der Waals surface area (Å²) in [6.07, 6.45) is 7.50. The van der Waals surface area contributed by atoms with Gasteiger partial charge in [0.1, 0.15) is 5.78 Å². The smallest absolute Gasteiger partial charge is 0.133 e. The molecule has 2 aliphatic carbocycles. The van der Waals surface area contributed by atoms with E-state index in [0.29, 0.717) is 30.5 Å². The first-order valence-electron chi connectivity index (χ1n) is 8.83.